The summed E-state index contributed by atoms with van der Waals surface area (Å²) < 4.78 is 26.1. The molecule has 0 aromatic heterocycles. The standard InChI is InChI=1S/C12H14F2N2O2S/c1-2-5-15-12(18)16-11(17)7-19-10-6-8(13)3-4-9(10)14/h3-4,6H,2,5,7H2,1H3,(H2,15,16,17,18). The van der Waals surface area contributed by atoms with Crippen molar-refractivity contribution in [2.45, 2.75) is 18.2 Å². The van der Waals surface area contributed by atoms with Gasteiger partial charge in [0.2, 0.25) is 5.91 Å². The highest BCUT2D eigenvalue weighted by Crippen LogP contribution is 2.22. The molecule has 104 valence electrons. The molecule has 0 bridgehead atoms. The SMILES string of the molecule is CCCNC(=O)NC(=O)CSc1cc(F)ccc1F. The van der Waals surface area contributed by atoms with Crippen molar-refractivity contribution < 1.29 is 18.4 Å². The van der Waals surface area contributed by atoms with E-state index >= 15 is 0 Å². The predicted octanol–water partition coefficient (Wildman–Crippen LogP) is 2.29. The van der Waals surface area contributed by atoms with Gasteiger partial charge in [-0.1, -0.05) is 6.92 Å². The first kappa shape index (κ1) is 15.4. The van der Waals surface area contributed by atoms with Crippen molar-refractivity contribution in [3.05, 3.63) is 29.8 Å². The van der Waals surface area contributed by atoms with Crippen LogP contribution in [0.5, 0.6) is 0 Å². The van der Waals surface area contributed by atoms with Gasteiger partial charge in [0.25, 0.3) is 0 Å². The number of urea groups is 1. The van der Waals surface area contributed by atoms with Gasteiger partial charge in [-0.15, -0.1) is 11.8 Å². The maximum absolute atomic E-state index is 13.3. The minimum absolute atomic E-state index is 0.0316. The summed E-state index contributed by atoms with van der Waals surface area (Å²) in [6.45, 7) is 2.34. The van der Waals surface area contributed by atoms with E-state index in [9.17, 15) is 18.4 Å². The first-order valence-corrected chi connectivity index (χ1v) is 6.67. The largest absolute Gasteiger partial charge is 0.338 e. The molecule has 0 heterocycles. The molecule has 1 aromatic rings. The van der Waals surface area contributed by atoms with Gasteiger partial charge in [-0.2, -0.15) is 0 Å². The highest BCUT2D eigenvalue weighted by molar-refractivity contribution is 8.00. The number of carbonyl (C=O) groups is 2. The average Bonchev–Trinajstić information content (AvgIpc) is 2.37. The van der Waals surface area contributed by atoms with Gasteiger partial charge in [-0.25, -0.2) is 13.6 Å². The zero-order valence-electron chi connectivity index (χ0n) is 10.3. The monoisotopic (exact) mass is 288 g/mol. The normalized spacial score (nSPS) is 10.1. The number of thioether (sulfide) groups is 1. The predicted molar refractivity (Wildman–Crippen MR) is 68.9 cm³/mol. The maximum atomic E-state index is 13.3. The van der Waals surface area contributed by atoms with E-state index in [2.05, 4.69) is 10.6 Å². The molecule has 1 rings (SSSR count). The van der Waals surface area contributed by atoms with Crippen molar-refractivity contribution in [2.75, 3.05) is 12.3 Å². The van der Waals surface area contributed by atoms with Gasteiger partial charge < -0.3 is 5.32 Å². The lowest BCUT2D eigenvalue weighted by molar-refractivity contribution is -0.117. The van der Waals surface area contributed by atoms with E-state index in [4.69, 9.17) is 0 Å². The van der Waals surface area contributed by atoms with Crippen LogP contribution in [0.3, 0.4) is 0 Å². The summed E-state index contributed by atoms with van der Waals surface area (Å²) in [5.74, 6) is -1.91. The third-order valence-corrected chi connectivity index (χ3v) is 3.07. The number of imide groups is 1. The van der Waals surface area contributed by atoms with E-state index in [1.165, 1.54) is 0 Å². The Labute approximate surface area is 113 Å². The number of hydrogen-bond acceptors (Lipinski definition) is 3. The lowest BCUT2D eigenvalue weighted by Gasteiger charge is -2.06. The maximum Gasteiger partial charge on any atom is 0.321 e. The van der Waals surface area contributed by atoms with Gasteiger partial charge in [0.1, 0.15) is 11.6 Å². The molecule has 0 fully saturated rings. The van der Waals surface area contributed by atoms with Crippen molar-refractivity contribution in [2.24, 2.45) is 0 Å². The van der Waals surface area contributed by atoms with Crippen molar-refractivity contribution >= 4 is 23.7 Å². The van der Waals surface area contributed by atoms with E-state index in [-0.39, 0.29) is 10.6 Å². The van der Waals surface area contributed by atoms with Crippen LogP contribution in [0.25, 0.3) is 0 Å². The zero-order chi connectivity index (χ0) is 14.3. The topological polar surface area (TPSA) is 58.2 Å². The minimum Gasteiger partial charge on any atom is -0.338 e. The Balaban J connectivity index is 2.41. The van der Waals surface area contributed by atoms with Crippen LogP contribution in [0.15, 0.2) is 23.1 Å². The molecule has 0 aliphatic carbocycles. The van der Waals surface area contributed by atoms with Crippen LogP contribution in [-0.2, 0) is 4.79 Å². The second-order valence-electron chi connectivity index (χ2n) is 3.67. The quantitative estimate of drug-likeness (QED) is 0.817. The van der Waals surface area contributed by atoms with Gasteiger partial charge in [-0.05, 0) is 24.6 Å². The summed E-state index contributed by atoms with van der Waals surface area (Å²) in [5.41, 5.74) is 0. The van der Waals surface area contributed by atoms with Gasteiger partial charge in [0.05, 0.1) is 5.75 Å². The summed E-state index contributed by atoms with van der Waals surface area (Å²) >= 11 is 0.828. The van der Waals surface area contributed by atoms with Crippen molar-refractivity contribution in [1.29, 1.82) is 0 Å². The molecule has 7 heteroatoms. The van der Waals surface area contributed by atoms with Crippen molar-refractivity contribution in [1.82, 2.24) is 10.6 Å². The fraction of sp³-hybridized carbons (Fsp3) is 0.333. The molecule has 2 N–H and O–H groups in total. The molecule has 0 aliphatic heterocycles. The fourth-order valence-electron chi connectivity index (χ4n) is 1.18. The summed E-state index contributed by atoms with van der Waals surface area (Å²) in [6.07, 6.45) is 0.755. The summed E-state index contributed by atoms with van der Waals surface area (Å²) in [7, 11) is 0. The lowest BCUT2D eigenvalue weighted by atomic mass is 10.3. The number of carbonyl (C=O) groups excluding carboxylic acids is 2. The molecular weight excluding hydrogens is 274 g/mol. The third kappa shape index (κ3) is 5.69. The Morgan fingerprint density at radius 3 is 2.74 bits per heavy atom. The van der Waals surface area contributed by atoms with E-state index < -0.39 is 23.6 Å². The number of halogens is 2. The van der Waals surface area contributed by atoms with Crippen LogP contribution in [0.1, 0.15) is 13.3 Å². The molecular formula is C12H14F2N2O2S. The number of rotatable bonds is 5. The van der Waals surface area contributed by atoms with Crippen molar-refractivity contribution in [3.8, 4) is 0 Å². The van der Waals surface area contributed by atoms with Gasteiger partial charge in [-0.3, -0.25) is 10.1 Å². The van der Waals surface area contributed by atoms with Gasteiger partial charge in [0.15, 0.2) is 0 Å². The molecule has 0 radical (unpaired) electrons. The van der Waals surface area contributed by atoms with E-state index in [1.807, 2.05) is 6.92 Å². The zero-order valence-corrected chi connectivity index (χ0v) is 11.2. The van der Waals surface area contributed by atoms with Crippen LogP contribution in [0.4, 0.5) is 13.6 Å². The van der Waals surface area contributed by atoms with E-state index in [1.54, 1.807) is 0 Å². The summed E-state index contributed by atoms with van der Waals surface area (Å²) in [6, 6.07) is 2.40. The molecule has 0 unspecified atom stereocenters. The van der Waals surface area contributed by atoms with Crippen LogP contribution >= 0.6 is 11.8 Å². The Morgan fingerprint density at radius 1 is 1.32 bits per heavy atom. The van der Waals surface area contributed by atoms with Crippen LogP contribution < -0.4 is 10.6 Å². The number of hydrogen-bond donors (Lipinski definition) is 2. The molecule has 0 aliphatic rings. The summed E-state index contributed by atoms with van der Waals surface area (Å²) in [4.78, 5) is 22.6. The highest BCUT2D eigenvalue weighted by Gasteiger charge is 2.10. The third-order valence-electron chi connectivity index (χ3n) is 2.04. The average molecular weight is 288 g/mol. The van der Waals surface area contributed by atoms with Crippen LogP contribution in [0.2, 0.25) is 0 Å². The van der Waals surface area contributed by atoms with Gasteiger partial charge >= 0.3 is 6.03 Å². The Morgan fingerprint density at radius 2 is 2.05 bits per heavy atom. The second-order valence-corrected chi connectivity index (χ2v) is 4.68. The first-order chi connectivity index (χ1) is 9.02. The Bertz CT molecular complexity index is 469. The molecule has 1 aromatic carbocycles. The number of nitrogens with one attached hydrogen (secondary N) is 2. The van der Waals surface area contributed by atoms with E-state index in [0.29, 0.717) is 6.54 Å². The van der Waals surface area contributed by atoms with Crippen molar-refractivity contribution in [3.63, 3.8) is 0 Å². The molecule has 0 atom stereocenters. The van der Waals surface area contributed by atoms with Crippen LogP contribution in [-0.4, -0.2) is 24.2 Å². The molecule has 19 heavy (non-hydrogen) atoms. The molecule has 0 saturated carbocycles. The second kappa shape index (κ2) is 7.73. The highest BCUT2D eigenvalue weighted by atomic mass is 32.2. The minimum atomic E-state index is -0.602. The Kier molecular flexibility index (Phi) is 6.27. The summed E-state index contributed by atoms with van der Waals surface area (Å²) in [5, 5.41) is 4.56. The number of benzene rings is 1. The number of amides is 3. The molecule has 0 spiro atoms. The molecule has 0 saturated heterocycles. The smallest absolute Gasteiger partial charge is 0.321 e. The lowest BCUT2D eigenvalue weighted by Crippen LogP contribution is -2.40. The van der Waals surface area contributed by atoms with Gasteiger partial charge in [0, 0.05) is 11.4 Å². The fourth-order valence-corrected chi connectivity index (χ4v) is 1.94. The molecule has 4 nitrogen and oxygen atoms in total. The first-order valence-electron chi connectivity index (χ1n) is 5.68. The molecule has 3 amide bonds. The van der Waals surface area contributed by atoms with E-state index in [0.717, 1.165) is 36.4 Å². The Hall–Kier alpha value is -1.63. The van der Waals surface area contributed by atoms with Crippen LogP contribution in [0, 0.1) is 11.6 Å².